The van der Waals surface area contributed by atoms with Crippen molar-refractivity contribution in [3.8, 4) is 0 Å². The molecule has 1 aliphatic rings. The largest absolute Gasteiger partial charge is 0.351 e. The molecule has 0 aromatic carbocycles. The van der Waals surface area contributed by atoms with Gasteiger partial charge in [-0.1, -0.05) is 0 Å². The van der Waals surface area contributed by atoms with Crippen LogP contribution in [-0.4, -0.2) is 37.1 Å². The molecule has 0 radical (unpaired) electrons. The Morgan fingerprint density at radius 2 is 2.33 bits per heavy atom. The summed E-state index contributed by atoms with van der Waals surface area (Å²) in [7, 11) is 1.75. The van der Waals surface area contributed by atoms with Crippen LogP contribution in [0.15, 0.2) is 0 Å². The van der Waals surface area contributed by atoms with Crippen molar-refractivity contribution in [2.24, 2.45) is 5.73 Å². The third kappa shape index (κ3) is 2.87. The number of nitrogens with two attached hydrogens (primary N) is 1. The SMILES string of the molecule is CN(C(N)=O)C1CCCNC1.Cl. The molecule has 0 aliphatic carbocycles. The predicted molar refractivity (Wildman–Crippen MR) is 50.5 cm³/mol. The van der Waals surface area contributed by atoms with Crippen LogP contribution in [0, 0.1) is 0 Å². The van der Waals surface area contributed by atoms with E-state index in [9.17, 15) is 4.79 Å². The number of piperidine rings is 1. The molecule has 1 aliphatic heterocycles. The standard InChI is InChI=1S/C7H15N3O.ClH/c1-10(7(8)11)6-3-2-4-9-5-6;/h6,9H,2-5H2,1H3,(H2,8,11);1H. The average molecular weight is 194 g/mol. The van der Waals surface area contributed by atoms with E-state index in [0.717, 1.165) is 25.9 Å². The number of carbonyl (C=O) groups excluding carboxylic acids is 1. The number of carbonyl (C=O) groups is 1. The van der Waals surface area contributed by atoms with Crippen LogP contribution < -0.4 is 11.1 Å². The van der Waals surface area contributed by atoms with Crippen LogP contribution in [0.25, 0.3) is 0 Å². The number of urea groups is 1. The normalized spacial score (nSPS) is 22.6. The van der Waals surface area contributed by atoms with E-state index in [4.69, 9.17) is 5.73 Å². The van der Waals surface area contributed by atoms with Gasteiger partial charge < -0.3 is 16.0 Å². The second-order valence-electron chi connectivity index (χ2n) is 2.95. The highest BCUT2D eigenvalue weighted by Gasteiger charge is 2.19. The van der Waals surface area contributed by atoms with E-state index in [-0.39, 0.29) is 18.4 Å². The molecule has 0 bridgehead atoms. The van der Waals surface area contributed by atoms with Crippen molar-refractivity contribution in [1.29, 1.82) is 0 Å². The zero-order valence-corrected chi connectivity index (χ0v) is 8.06. The topological polar surface area (TPSA) is 58.4 Å². The molecule has 0 aromatic rings. The summed E-state index contributed by atoms with van der Waals surface area (Å²) < 4.78 is 0. The Bertz CT molecular complexity index is 148. The maximum atomic E-state index is 10.7. The van der Waals surface area contributed by atoms with Crippen molar-refractivity contribution in [3.63, 3.8) is 0 Å². The average Bonchev–Trinajstić information content (AvgIpc) is 2.05. The lowest BCUT2D eigenvalue weighted by molar-refractivity contribution is 0.187. The molecule has 1 unspecified atom stereocenters. The van der Waals surface area contributed by atoms with Crippen LogP contribution in [0.4, 0.5) is 4.79 Å². The monoisotopic (exact) mass is 193 g/mol. The van der Waals surface area contributed by atoms with Crippen molar-refractivity contribution in [2.75, 3.05) is 20.1 Å². The molecule has 4 nitrogen and oxygen atoms in total. The van der Waals surface area contributed by atoms with Gasteiger partial charge in [0.05, 0.1) is 0 Å². The number of amides is 2. The summed E-state index contributed by atoms with van der Waals surface area (Å²) in [6, 6.07) is -0.0417. The number of hydrogen-bond donors (Lipinski definition) is 2. The highest BCUT2D eigenvalue weighted by molar-refractivity contribution is 5.85. The minimum Gasteiger partial charge on any atom is -0.351 e. The summed E-state index contributed by atoms with van der Waals surface area (Å²) in [5.41, 5.74) is 5.13. The highest BCUT2D eigenvalue weighted by Crippen LogP contribution is 2.07. The Labute approximate surface area is 78.9 Å². The Morgan fingerprint density at radius 1 is 1.67 bits per heavy atom. The van der Waals surface area contributed by atoms with E-state index in [1.807, 2.05) is 0 Å². The lowest BCUT2D eigenvalue weighted by Crippen LogP contribution is -2.48. The first-order valence-corrected chi connectivity index (χ1v) is 3.95. The van der Waals surface area contributed by atoms with E-state index in [2.05, 4.69) is 5.32 Å². The summed E-state index contributed by atoms with van der Waals surface area (Å²) >= 11 is 0. The number of nitrogens with zero attached hydrogens (tertiary/aromatic N) is 1. The van der Waals surface area contributed by atoms with Crippen molar-refractivity contribution in [3.05, 3.63) is 0 Å². The highest BCUT2D eigenvalue weighted by atomic mass is 35.5. The number of rotatable bonds is 1. The van der Waals surface area contributed by atoms with Gasteiger partial charge in [-0.15, -0.1) is 12.4 Å². The van der Waals surface area contributed by atoms with Crippen LogP contribution in [-0.2, 0) is 0 Å². The lowest BCUT2D eigenvalue weighted by Gasteiger charge is -2.30. The minimum absolute atomic E-state index is 0. The molecule has 0 aromatic heterocycles. The fraction of sp³-hybridized carbons (Fsp3) is 0.857. The maximum Gasteiger partial charge on any atom is 0.314 e. The van der Waals surface area contributed by atoms with E-state index >= 15 is 0 Å². The second-order valence-corrected chi connectivity index (χ2v) is 2.95. The zero-order valence-electron chi connectivity index (χ0n) is 7.25. The molecule has 2 amide bonds. The third-order valence-electron chi connectivity index (χ3n) is 2.17. The Balaban J connectivity index is 0.00000121. The zero-order chi connectivity index (χ0) is 8.27. The van der Waals surface area contributed by atoms with Crippen LogP contribution in [0.5, 0.6) is 0 Å². The fourth-order valence-electron chi connectivity index (χ4n) is 1.34. The molecule has 1 fully saturated rings. The van der Waals surface area contributed by atoms with Gasteiger partial charge in [-0.05, 0) is 19.4 Å². The molecule has 72 valence electrons. The van der Waals surface area contributed by atoms with E-state index in [0.29, 0.717) is 6.04 Å². The number of halogens is 1. The van der Waals surface area contributed by atoms with Gasteiger partial charge in [0, 0.05) is 19.6 Å². The van der Waals surface area contributed by atoms with Crippen LogP contribution in [0.1, 0.15) is 12.8 Å². The number of hydrogen-bond acceptors (Lipinski definition) is 2. The Morgan fingerprint density at radius 3 is 2.75 bits per heavy atom. The summed E-state index contributed by atoms with van der Waals surface area (Å²) in [5.74, 6) is 0. The van der Waals surface area contributed by atoms with Crippen molar-refractivity contribution in [1.82, 2.24) is 10.2 Å². The molecule has 3 N–H and O–H groups in total. The molecular weight excluding hydrogens is 178 g/mol. The predicted octanol–water partition coefficient (Wildman–Crippen LogP) is 0.171. The smallest absolute Gasteiger partial charge is 0.314 e. The van der Waals surface area contributed by atoms with Gasteiger partial charge in [0.25, 0.3) is 0 Å². The summed E-state index contributed by atoms with van der Waals surface area (Å²) in [6.07, 6.45) is 2.19. The van der Waals surface area contributed by atoms with E-state index in [1.54, 1.807) is 11.9 Å². The van der Waals surface area contributed by atoms with Gasteiger partial charge >= 0.3 is 6.03 Å². The van der Waals surface area contributed by atoms with Crippen molar-refractivity contribution >= 4 is 18.4 Å². The van der Waals surface area contributed by atoms with Crippen LogP contribution in [0.3, 0.4) is 0 Å². The van der Waals surface area contributed by atoms with Gasteiger partial charge in [-0.3, -0.25) is 0 Å². The first-order valence-electron chi connectivity index (χ1n) is 3.95. The quantitative estimate of drug-likeness (QED) is 0.624. The third-order valence-corrected chi connectivity index (χ3v) is 2.17. The van der Waals surface area contributed by atoms with E-state index in [1.165, 1.54) is 0 Å². The molecule has 0 saturated carbocycles. The molecule has 12 heavy (non-hydrogen) atoms. The molecule has 1 rings (SSSR count). The summed E-state index contributed by atoms with van der Waals surface area (Å²) in [4.78, 5) is 12.3. The fourth-order valence-corrected chi connectivity index (χ4v) is 1.34. The number of nitrogens with one attached hydrogen (secondary N) is 1. The van der Waals surface area contributed by atoms with Gasteiger partial charge in [0.2, 0.25) is 0 Å². The van der Waals surface area contributed by atoms with Gasteiger partial charge in [-0.2, -0.15) is 0 Å². The van der Waals surface area contributed by atoms with E-state index < -0.39 is 0 Å². The first-order chi connectivity index (χ1) is 5.22. The van der Waals surface area contributed by atoms with Gasteiger partial charge in [0.1, 0.15) is 0 Å². The molecule has 0 spiro atoms. The maximum absolute atomic E-state index is 10.7. The molecule has 5 heteroatoms. The minimum atomic E-state index is -0.335. The van der Waals surface area contributed by atoms with Crippen molar-refractivity contribution < 1.29 is 4.79 Å². The second kappa shape index (κ2) is 5.22. The number of likely N-dealkylation sites (N-methyl/N-ethyl adjacent to an activating group) is 1. The van der Waals surface area contributed by atoms with Gasteiger partial charge in [0.15, 0.2) is 0 Å². The first kappa shape index (κ1) is 11.5. The number of primary amides is 1. The molecular formula is C7H16ClN3O. The molecule has 1 heterocycles. The molecule has 1 atom stereocenters. The Kier molecular flexibility index (Phi) is 5.01. The van der Waals surface area contributed by atoms with Crippen LogP contribution >= 0.6 is 12.4 Å². The van der Waals surface area contributed by atoms with Crippen LogP contribution in [0.2, 0.25) is 0 Å². The summed E-state index contributed by atoms with van der Waals surface area (Å²) in [5, 5.41) is 3.22. The summed E-state index contributed by atoms with van der Waals surface area (Å²) in [6.45, 7) is 1.93. The Hall–Kier alpha value is -0.480. The molecule has 1 saturated heterocycles. The van der Waals surface area contributed by atoms with Gasteiger partial charge in [-0.25, -0.2) is 4.79 Å². The lowest BCUT2D eigenvalue weighted by atomic mass is 10.1. The van der Waals surface area contributed by atoms with Crippen molar-refractivity contribution in [2.45, 2.75) is 18.9 Å².